The number of furan rings is 1. The van der Waals surface area contributed by atoms with Gasteiger partial charge in [0.25, 0.3) is 5.91 Å². The van der Waals surface area contributed by atoms with Crippen molar-refractivity contribution in [2.75, 3.05) is 13.1 Å². The van der Waals surface area contributed by atoms with Gasteiger partial charge in [-0.05, 0) is 44.2 Å². The topological polar surface area (TPSA) is 88.3 Å². The summed E-state index contributed by atoms with van der Waals surface area (Å²) in [5, 5.41) is 2.88. The molecule has 2 amide bonds. The average Bonchev–Trinajstić information content (AvgIpc) is 3.29. The minimum absolute atomic E-state index is 0.0150. The molecule has 1 aliphatic heterocycles. The van der Waals surface area contributed by atoms with Gasteiger partial charge in [0.2, 0.25) is 5.91 Å². The van der Waals surface area contributed by atoms with Crippen LogP contribution in [0.25, 0.3) is 0 Å². The van der Waals surface area contributed by atoms with E-state index in [9.17, 15) is 9.59 Å². The molecule has 0 bridgehead atoms. The number of amides is 2. The number of hydrogen-bond acceptors (Lipinski definition) is 6. The normalized spacial score (nSPS) is 17.5. The lowest BCUT2D eigenvalue weighted by atomic mass is 9.93. The summed E-state index contributed by atoms with van der Waals surface area (Å²) in [6.07, 6.45) is 4.76. The molecule has 1 fully saturated rings. The van der Waals surface area contributed by atoms with Crippen molar-refractivity contribution >= 4 is 23.5 Å². The first-order valence-electron chi connectivity index (χ1n) is 8.50. The molecule has 1 unspecified atom stereocenters. The van der Waals surface area contributed by atoms with Gasteiger partial charge in [0.1, 0.15) is 11.5 Å². The van der Waals surface area contributed by atoms with E-state index in [1.807, 2.05) is 24.0 Å². The predicted octanol–water partition coefficient (Wildman–Crippen LogP) is 2.39. The lowest BCUT2D eigenvalue weighted by molar-refractivity contribution is -0.121. The van der Waals surface area contributed by atoms with Gasteiger partial charge < -0.3 is 14.6 Å². The molecule has 0 saturated carbocycles. The third-order valence-corrected chi connectivity index (χ3v) is 4.90. The Morgan fingerprint density at radius 3 is 3.04 bits per heavy atom. The smallest absolute Gasteiger partial charge is 0.275 e. The van der Waals surface area contributed by atoms with Crippen molar-refractivity contribution in [1.82, 2.24) is 19.0 Å². The zero-order chi connectivity index (χ0) is 17.6. The molecule has 0 aliphatic carbocycles. The van der Waals surface area contributed by atoms with Gasteiger partial charge in [0.15, 0.2) is 5.69 Å². The molecule has 0 radical (unpaired) electrons. The van der Waals surface area contributed by atoms with E-state index in [0.717, 1.165) is 49.1 Å². The van der Waals surface area contributed by atoms with Crippen LogP contribution in [0.3, 0.4) is 0 Å². The number of carbonyl (C=O) groups is 2. The zero-order valence-electron chi connectivity index (χ0n) is 14.2. The molecule has 8 heteroatoms. The van der Waals surface area contributed by atoms with Crippen LogP contribution < -0.4 is 5.32 Å². The van der Waals surface area contributed by atoms with Crippen LogP contribution in [0.5, 0.6) is 0 Å². The first kappa shape index (κ1) is 17.6. The van der Waals surface area contributed by atoms with Crippen LogP contribution in [0.15, 0.2) is 22.7 Å². The van der Waals surface area contributed by atoms with Crippen LogP contribution in [0.2, 0.25) is 0 Å². The monoisotopic (exact) mass is 362 g/mol. The second-order valence-corrected chi connectivity index (χ2v) is 6.94. The number of nitrogens with zero attached hydrogens (tertiary/aromatic N) is 3. The van der Waals surface area contributed by atoms with E-state index in [4.69, 9.17) is 4.42 Å². The van der Waals surface area contributed by atoms with E-state index < -0.39 is 0 Å². The number of piperidine rings is 1. The molecule has 1 aliphatic rings. The number of likely N-dealkylation sites (tertiary alicyclic amines) is 1. The maximum atomic E-state index is 12.3. The Morgan fingerprint density at radius 1 is 1.44 bits per heavy atom. The third kappa shape index (κ3) is 4.88. The summed E-state index contributed by atoms with van der Waals surface area (Å²) in [7, 11) is 0. The second-order valence-electron chi connectivity index (χ2n) is 6.38. The molecule has 25 heavy (non-hydrogen) atoms. The standard InChI is InChI=1S/C17H22N4O3S/c1-12-4-6-14(24-12)9-18-16(22)7-5-13-3-2-8-21(11-13)17(23)15-10-19-25-20-15/h4,6,10,13H,2-3,5,7-9,11H2,1H3,(H,18,22). The van der Waals surface area contributed by atoms with Gasteiger partial charge in [0.05, 0.1) is 24.5 Å². The van der Waals surface area contributed by atoms with Crippen molar-refractivity contribution < 1.29 is 14.0 Å². The summed E-state index contributed by atoms with van der Waals surface area (Å²) in [6, 6.07) is 3.75. The quantitative estimate of drug-likeness (QED) is 0.852. The molecule has 7 nitrogen and oxygen atoms in total. The Labute approximate surface area is 150 Å². The number of rotatable bonds is 6. The maximum Gasteiger partial charge on any atom is 0.275 e. The van der Waals surface area contributed by atoms with Crippen molar-refractivity contribution in [1.29, 1.82) is 0 Å². The summed E-state index contributed by atoms with van der Waals surface area (Å²) >= 11 is 1.04. The lowest BCUT2D eigenvalue weighted by Gasteiger charge is -2.32. The summed E-state index contributed by atoms with van der Waals surface area (Å²) in [5.74, 6) is 1.90. The number of hydrogen-bond donors (Lipinski definition) is 1. The van der Waals surface area contributed by atoms with Crippen molar-refractivity contribution in [2.24, 2.45) is 5.92 Å². The van der Waals surface area contributed by atoms with E-state index in [1.54, 1.807) is 0 Å². The Kier molecular flexibility index (Phi) is 5.80. The van der Waals surface area contributed by atoms with E-state index in [-0.39, 0.29) is 11.8 Å². The van der Waals surface area contributed by atoms with Crippen LogP contribution in [0.4, 0.5) is 0 Å². The number of aromatic nitrogens is 2. The van der Waals surface area contributed by atoms with Gasteiger partial charge in [-0.1, -0.05) is 0 Å². The van der Waals surface area contributed by atoms with Gasteiger partial charge in [0, 0.05) is 19.5 Å². The molecular weight excluding hydrogens is 340 g/mol. The second kappa shape index (κ2) is 8.24. The molecule has 1 saturated heterocycles. The first-order valence-corrected chi connectivity index (χ1v) is 9.23. The summed E-state index contributed by atoms with van der Waals surface area (Å²) in [6.45, 7) is 3.72. The fourth-order valence-corrected chi connectivity index (χ4v) is 3.50. The van der Waals surface area contributed by atoms with Crippen molar-refractivity contribution in [3.05, 3.63) is 35.5 Å². The maximum absolute atomic E-state index is 12.3. The van der Waals surface area contributed by atoms with Gasteiger partial charge in [-0.25, -0.2) is 0 Å². The van der Waals surface area contributed by atoms with Gasteiger partial charge in [-0.2, -0.15) is 8.75 Å². The van der Waals surface area contributed by atoms with Gasteiger partial charge in [-0.15, -0.1) is 0 Å². The van der Waals surface area contributed by atoms with Gasteiger partial charge >= 0.3 is 0 Å². The molecule has 1 atom stereocenters. The highest BCUT2D eigenvalue weighted by atomic mass is 32.1. The highest BCUT2D eigenvalue weighted by Crippen LogP contribution is 2.22. The molecule has 0 spiro atoms. The van der Waals surface area contributed by atoms with Crippen LogP contribution in [0, 0.1) is 12.8 Å². The van der Waals surface area contributed by atoms with Crippen LogP contribution >= 0.6 is 11.7 Å². The molecule has 2 aromatic heterocycles. The minimum atomic E-state index is -0.0592. The minimum Gasteiger partial charge on any atom is -0.465 e. The highest BCUT2D eigenvalue weighted by Gasteiger charge is 2.26. The zero-order valence-corrected chi connectivity index (χ0v) is 15.1. The Morgan fingerprint density at radius 2 is 2.32 bits per heavy atom. The summed E-state index contributed by atoms with van der Waals surface area (Å²) in [5.41, 5.74) is 0.414. The molecule has 134 valence electrons. The molecule has 1 N–H and O–H groups in total. The Hall–Kier alpha value is -2.22. The molecule has 0 aromatic carbocycles. The molecular formula is C17H22N4O3S. The average molecular weight is 362 g/mol. The van der Waals surface area contributed by atoms with Crippen molar-refractivity contribution in [2.45, 2.75) is 39.2 Å². The van der Waals surface area contributed by atoms with Gasteiger partial charge in [-0.3, -0.25) is 9.59 Å². The number of nitrogens with one attached hydrogen (secondary N) is 1. The number of aryl methyl sites for hydroxylation is 1. The Bertz CT molecular complexity index is 713. The lowest BCUT2D eigenvalue weighted by Crippen LogP contribution is -2.40. The summed E-state index contributed by atoms with van der Waals surface area (Å²) < 4.78 is 13.3. The largest absolute Gasteiger partial charge is 0.465 e. The van der Waals surface area contributed by atoms with E-state index >= 15 is 0 Å². The van der Waals surface area contributed by atoms with Crippen molar-refractivity contribution in [3.63, 3.8) is 0 Å². The van der Waals surface area contributed by atoms with Crippen LogP contribution in [0.1, 0.15) is 47.7 Å². The fourth-order valence-electron chi connectivity index (χ4n) is 3.10. The van der Waals surface area contributed by atoms with Crippen LogP contribution in [-0.4, -0.2) is 38.6 Å². The van der Waals surface area contributed by atoms with Crippen LogP contribution in [-0.2, 0) is 11.3 Å². The number of carbonyl (C=O) groups excluding carboxylic acids is 2. The van der Waals surface area contributed by atoms with E-state index in [2.05, 4.69) is 14.1 Å². The molecule has 2 aromatic rings. The molecule has 3 heterocycles. The SMILES string of the molecule is Cc1ccc(CNC(=O)CCC2CCCN(C(=O)c3cnsn3)C2)o1. The third-order valence-electron chi connectivity index (χ3n) is 4.42. The highest BCUT2D eigenvalue weighted by molar-refractivity contribution is 6.99. The fraction of sp³-hybridized carbons (Fsp3) is 0.529. The molecule has 3 rings (SSSR count). The summed E-state index contributed by atoms with van der Waals surface area (Å²) in [4.78, 5) is 26.2. The predicted molar refractivity (Wildman–Crippen MR) is 93.1 cm³/mol. The van der Waals surface area contributed by atoms with Crippen molar-refractivity contribution in [3.8, 4) is 0 Å². The van der Waals surface area contributed by atoms with E-state index in [1.165, 1.54) is 6.20 Å². The first-order chi connectivity index (χ1) is 12.1. The Balaban J connectivity index is 1.41. The van der Waals surface area contributed by atoms with E-state index in [0.29, 0.717) is 31.1 Å².